The molecule has 1 N–H and O–H groups in total. The fraction of sp³-hybridized carbons (Fsp3) is 0.438. The van der Waals surface area contributed by atoms with E-state index in [-0.39, 0.29) is 11.9 Å². The van der Waals surface area contributed by atoms with Crippen molar-refractivity contribution in [2.45, 2.75) is 32.7 Å². The average Bonchev–Trinajstić information content (AvgIpc) is 2.81. The lowest BCUT2D eigenvalue weighted by Crippen LogP contribution is -2.25. The molecule has 1 atom stereocenters. The maximum atomic E-state index is 13.5. The Morgan fingerprint density at radius 2 is 2.10 bits per heavy atom. The number of nitrogens with zero attached hydrogens (tertiary/aromatic N) is 2. The van der Waals surface area contributed by atoms with Crippen LogP contribution in [0.2, 0.25) is 0 Å². The molecular formula is C16H22FN3. The summed E-state index contributed by atoms with van der Waals surface area (Å²) < 4.78 is 15.4. The predicted octanol–water partition coefficient (Wildman–Crippen LogP) is 3.21. The van der Waals surface area contributed by atoms with Crippen molar-refractivity contribution < 1.29 is 4.39 Å². The number of nitrogens with one attached hydrogen (secondary N) is 1. The van der Waals surface area contributed by atoms with Crippen LogP contribution in [0.3, 0.4) is 0 Å². The number of aromatic nitrogens is 2. The van der Waals surface area contributed by atoms with Gasteiger partial charge in [0.15, 0.2) is 0 Å². The van der Waals surface area contributed by atoms with Gasteiger partial charge in [-0.15, -0.1) is 0 Å². The number of hydrogen-bond donors (Lipinski definition) is 1. The molecule has 0 fully saturated rings. The van der Waals surface area contributed by atoms with Crippen molar-refractivity contribution in [1.29, 1.82) is 0 Å². The Balaban J connectivity index is 2.38. The van der Waals surface area contributed by atoms with Crippen LogP contribution in [0.5, 0.6) is 0 Å². The van der Waals surface area contributed by atoms with Gasteiger partial charge in [0, 0.05) is 7.05 Å². The first kappa shape index (κ1) is 14.7. The van der Waals surface area contributed by atoms with E-state index in [1.165, 1.54) is 6.07 Å². The minimum atomic E-state index is -0.205. The van der Waals surface area contributed by atoms with E-state index >= 15 is 0 Å². The van der Waals surface area contributed by atoms with Gasteiger partial charge in [-0.3, -0.25) is 4.68 Å². The second kappa shape index (κ2) is 6.66. The molecule has 2 rings (SSSR count). The normalized spacial score (nSPS) is 12.6. The van der Waals surface area contributed by atoms with Crippen LogP contribution in [0.4, 0.5) is 4.39 Å². The monoisotopic (exact) mass is 275 g/mol. The Kier molecular flexibility index (Phi) is 4.90. The van der Waals surface area contributed by atoms with Crippen LogP contribution in [0.1, 0.15) is 43.3 Å². The van der Waals surface area contributed by atoms with Crippen LogP contribution in [-0.2, 0) is 13.5 Å². The molecule has 3 nitrogen and oxygen atoms in total. The third-order valence-electron chi connectivity index (χ3n) is 3.41. The van der Waals surface area contributed by atoms with Crippen LogP contribution in [0.25, 0.3) is 0 Å². The zero-order valence-corrected chi connectivity index (χ0v) is 12.4. The Labute approximate surface area is 119 Å². The van der Waals surface area contributed by atoms with Crippen LogP contribution in [-0.4, -0.2) is 16.3 Å². The third-order valence-corrected chi connectivity index (χ3v) is 3.41. The fourth-order valence-electron chi connectivity index (χ4n) is 2.35. The summed E-state index contributed by atoms with van der Waals surface area (Å²) >= 11 is 0. The summed E-state index contributed by atoms with van der Waals surface area (Å²) in [5.74, 6) is -0.205. The summed E-state index contributed by atoms with van der Waals surface area (Å²) in [4.78, 5) is 0. The average molecular weight is 275 g/mol. The lowest BCUT2D eigenvalue weighted by atomic mass is 10.0. The van der Waals surface area contributed by atoms with Gasteiger partial charge in [0.05, 0.1) is 17.4 Å². The number of rotatable bonds is 6. The minimum absolute atomic E-state index is 0.0246. The zero-order chi connectivity index (χ0) is 14.5. The molecule has 1 unspecified atom stereocenters. The first-order valence-corrected chi connectivity index (χ1v) is 7.17. The largest absolute Gasteiger partial charge is 0.305 e. The Morgan fingerprint density at radius 3 is 2.70 bits per heavy atom. The van der Waals surface area contributed by atoms with Crippen molar-refractivity contribution in [3.05, 3.63) is 53.1 Å². The molecule has 1 aromatic heterocycles. The summed E-state index contributed by atoms with van der Waals surface area (Å²) in [6, 6.07) is 8.84. The molecule has 0 saturated carbocycles. The summed E-state index contributed by atoms with van der Waals surface area (Å²) in [6.45, 7) is 5.09. The summed E-state index contributed by atoms with van der Waals surface area (Å²) in [7, 11) is 1.94. The second-order valence-electron chi connectivity index (χ2n) is 4.98. The Bertz CT molecular complexity index is 563. The molecule has 0 aliphatic rings. The van der Waals surface area contributed by atoms with E-state index in [1.54, 1.807) is 12.1 Å². The summed E-state index contributed by atoms with van der Waals surface area (Å²) in [6.07, 6.45) is 1.93. The van der Waals surface area contributed by atoms with Gasteiger partial charge in [-0.1, -0.05) is 26.0 Å². The maximum Gasteiger partial charge on any atom is 0.123 e. The lowest BCUT2D eigenvalue weighted by Gasteiger charge is -2.19. The minimum Gasteiger partial charge on any atom is -0.305 e. The standard InChI is InChI=1S/C16H22FN3/c1-4-9-18-16(12-7-6-8-13(17)10-12)15-11-14(5-2)19-20(15)3/h6-8,10-11,16,18H,4-5,9H2,1-3H3. The molecule has 0 aliphatic heterocycles. The van der Waals surface area contributed by atoms with Crippen molar-refractivity contribution in [3.8, 4) is 0 Å². The zero-order valence-electron chi connectivity index (χ0n) is 12.4. The first-order chi connectivity index (χ1) is 9.65. The molecule has 0 amide bonds. The highest BCUT2D eigenvalue weighted by atomic mass is 19.1. The number of aryl methyl sites for hydroxylation is 2. The molecule has 2 aromatic rings. The summed E-state index contributed by atoms with van der Waals surface area (Å²) in [5.41, 5.74) is 3.06. The molecule has 0 bridgehead atoms. The molecule has 0 spiro atoms. The third kappa shape index (κ3) is 3.25. The van der Waals surface area contributed by atoms with Gasteiger partial charge in [-0.25, -0.2) is 4.39 Å². The van der Waals surface area contributed by atoms with Gasteiger partial charge in [0.25, 0.3) is 0 Å². The van der Waals surface area contributed by atoms with E-state index in [4.69, 9.17) is 0 Å². The molecular weight excluding hydrogens is 253 g/mol. The number of halogens is 1. The van der Waals surface area contributed by atoms with Gasteiger partial charge >= 0.3 is 0 Å². The molecule has 20 heavy (non-hydrogen) atoms. The smallest absolute Gasteiger partial charge is 0.123 e. The fourth-order valence-corrected chi connectivity index (χ4v) is 2.35. The molecule has 0 radical (unpaired) electrons. The molecule has 1 aromatic carbocycles. The van der Waals surface area contributed by atoms with E-state index in [2.05, 4.69) is 30.3 Å². The molecule has 0 saturated heterocycles. The van der Waals surface area contributed by atoms with Gasteiger partial charge in [-0.05, 0) is 43.1 Å². The van der Waals surface area contributed by atoms with Gasteiger partial charge in [0.1, 0.15) is 5.82 Å². The van der Waals surface area contributed by atoms with Crippen molar-refractivity contribution >= 4 is 0 Å². The first-order valence-electron chi connectivity index (χ1n) is 7.17. The van der Waals surface area contributed by atoms with Crippen molar-refractivity contribution in [3.63, 3.8) is 0 Å². The van der Waals surface area contributed by atoms with Crippen LogP contribution < -0.4 is 5.32 Å². The highest BCUT2D eigenvalue weighted by Crippen LogP contribution is 2.23. The highest BCUT2D eigenvalue weighted by molar-refractivity contribution is 5.29. The van der Waals surface area contributed by atoms with E-state index in [9.17, 15) is 4.39 Å². The van der Waals surface area contributed by atoms with Crippen molar-refractivity contribution in [2.75, 3.05) is 6.54 Å². The van der Waals surface area contributed by atoms with E-state index in [1.807, 2.05) is 17.8 Å². The van der Waals surface area contributed by atoms with Crippen LogP contribution in [0, 0.1) is 5.82 Å². The molecule has 108 valence electrons. The van der Waals surface area contributed by atoms with Crippen molar-refractivity contribution in [2.24, 2.45) is 7.05 Å². The van der Waals surface area contributed by atoms with Crippen LogP contribution in [0.15, 0.2) is 30.3 Å². The SMILES string of the molecule is CCCNC(c1cccc(F)c1)c1cc(CC)nn1C. The molecule has 4 heteroatoms. The van der Waals surface area contributed by atoms with Gasteiger partial charge in [0.2, 0.25) is 0 Å². The molecule has 0 aliphatic carbocycles. The van der Waals surface area contributed by atoms with E-state index in [0.29, 0.717) is 0 Å². The predicted molar refractivity (Wildman–Crippen MR) is 79.1 cm³/mol. The van der Waals surface area contributed by atoms with Crippen molar-refractivity contribution in [1.82, 2.24) is 15.1 Å². The quantitative estimate of drug-likeness (QED) is 0.877. The lowest BCUT2D eigenvalue weighted by molar-refractivity contribution is 0.547. The number of benzene rings is 1. The van der Waals surface area contributed by atoms with E-state index < -0.39 is 0 Å². The molecule has 1 heterocycles. The summed E-state index contributed by atoms with van der Waals surface area (Å²) in [5, 5.41) is 7.97. The maximum absolute atomic E-state index is 13.5. The Hall–Kier alpha value is -1.68. The number of hydrogen-bond acceptors (Lipinski definition) is 2. The topological polar surface area (TPSA) is 29.9 Å². The van der Waals surface area contributed by atoms with Gasteiger partial charge in [-0.2, -0.15) is 5.10 Å². The second-order valence-corrected chi connectivity index (χ2v) is 4.98. The highest BCUT2D eigenvalue weighted by Gasteiger charge is 2.18. The van der Waals surface area contributed by atoms with Gasteiger partial charge < -0.3 is 5.32 Å². The van der Waals surface area contributed by atoms with E-state index in [0.717, 1.165) is 36.3 Å². The van der Waals surface area contributed by atoms with Crippen LogP contribution >= 0.6 is 0 Å². The Morgan fingerprint density at radius 1 is 1.30 bits per heavy atom.